The highest BCUT2D eigenvalue weighted by atomic mass is 32.1. The van der Waals surface area contributed by atoms with Crippen LogP contribution in [0, 0.1) is 0 Å². The zero-order chi connectivity index (χ0) is 19.5. The quantitative estimate of drug-likeness (QED) is 0.326. The van der Waals surface area contributed by atoms with Crippen molar-refractivity contribution in [2.24, 2.45) is 0 Å². The molecule has 1 amide bonds. The van der Waals surface area contributed by atoms with Gasteiger partial charge in [0.15, 0.2) is 5.11 Å². The minimum Gasteiger partial charge on any atom is -0.506 e. The number of aromatic hydroxyl groups is 1. The summed E-state index contributed by atoms with van der Waals surface area (Å²) in [5.41, 5.74) is 0.914. The molecule has 5 nitrogen and oxygen atoms in total. The third-order valence-corrected chi connectivity index (χ3v) is 4.22. The molecule has 0 saturated heterocycles. The summed E-state index contributed by atoms with van der Waals surface area (Å²) in [4.78, 5) is 12.3. The van der Waals surface area contributed by atoms with Crippen molar-refractivity contribution in [2.45, 2.75) is 39.0 Å². The SMILES string of the molecule is CCCCCCCOc1ccc(C(=O)NC(=S)Nc2ccccc2O)cc1. The smallest absolute Gasteiger partial charge is 0.257 e. The molecule has 0 spiro atoms. The molecule has 3 N–H and O–H groups in total. The fourth-order valence-electron chi connectivity index (χ4n) is 2.51. The van der Waals surface area contributed by atoms with Gasteiger partial charge in [-0.3, -0.25) is 10.1 Å². The summed E-state index contributed by atoms with van der Waals surface area (Å²) in [7, 11) is 0. The van der Waals surface area contributed by atoms with E-state index in [0.29, 0.717) is 17.9 Å². The average Bonchev–Trinajstić information content (AvgIpc) is 2.67. The Labute approximate surface area is 165 Å². The largest absolute Gasteiger partial charge is 0.506 e. The number of rotatable bonds is 9. The van der Waals surface area contributed by atoms with Gasteiger partial charge < -0.3 is 15.2 Å². The standard InChI is InChI=1S/C21H26N2O3S/c1-2-3-4-5-8-15-26-17-13-11-16(12-14-17)20(25)23-21(27)22-18-9-6-7-10-19(18)24/h6-7,9-14,24H,2-5,8,15H2,1H3,(H2,22,23,25,27). The van der Waals surface area contributed by atoms with Gasteiger partial charge in [-0.25, -0.2) is 0 Å². The molecular weight excluding hydrogens is 360 g/mol. The van der Waals surface area contributed by atoms with Crippen molar-refractivity contribution in [3.63, 3.8) is 0 Å². The number of benzene rings is 2. The number of phenolic OH excluding ortho intramolecular Hbond substituents is 1. The topological polar surface area (TPSA) is 70.6 Å². The van der Waals surface area contributed by atoms with Gasteiger partial charge >= 0.3 is 0 Å². The van der Waals surface area contributed by atoms with E-state index < -0.39 is 0 Å². The lowest BCUT2D eigenvalue weighted by Gasteiger charge is -2.11. The van der Waals surface area contributed by atoms with Crippen LogP contribution in [0.5, 0.6) is 11.5 Å². The lowest BCUT2D eigenvalue weighted by atomic mass is 10.2. The van der Waals surface area contributed by atoms with Gasteiger partial charge in [-0.15, -0.1) is 0 Å². The number of para-hydroxylation sites is 2. The van der Waals surface area contributed by atoms with E-state index in [9.17, 15) is 9.90 Å². The van der Waals surface area contributed by atoms with Crippen LogP contribution in [0.4, 0.5) is 5.69 Å². The van der Waals surface area contributed by atoms with E-state index in [1.165, 1.54) is 31.7 Å². The Kier molecular flexibility index (Phi) is 8.58. The van der Waals surface area contributed by atoms with Crippen molar-refractivity contribution in [3.8, 4) is 11.5 Å². The Hall–Kier alpha value is -2.60. The number of phenols is 1. The lowest BCUT2D eigenvalue weighted by molar-refractivity contribution is 0.0977. The van der Waals surface area contributed by atoms with Gasteiger partial charge in [-0.2, -0.15) is 0 Å². The Morgan fingerprint density at radius 2 is 1.74 bits per heavy atom. The Morgan fingerprint density at radius 1 is 1.04 bits per heavy atom. The second kappa shape index (κ2) is 11.2. The van der Waals surface area contributed by atoms with Crippen LogP contribution in [-0.4, -0.2) is 22.7 Å². The van der Waals surface area contributed by atoms with E-state index >= 15 is 0 Å². The summed E-state index contributed by atoms with van der Waals surface area (Å²) in [5.74, 6) is 0.483. The summed E-state index contributed by atoms with van der Waals surface area (Å²) in [6.07, 6.45) is 5.96. The van der Waals surface area contributed by atoms with E-state index in [1.807, 2.05) is 0 Å². The van der Waals surface area contributed by atoms with Gasteiger partial charge in [0.25, 0.3) is 5.91 Å². The van der Waals surface area contributed by atoms with Crippen molar-refractivity contribution < 1.29 is 14.6 Å². The normalized spacial score (nSPS) is 10.3. The Bertz CT molecular complexity index is 747. The number of carbonyl (C=O) groups excluding carboxylic acids is 1. The van der Waals surface area contributed by atoms with Gasteiger partial charge in [0.05, 0.1) is 12.3 Å². The van der Waals surface area contributed by atoms with Gasteiger partial charge in [0, 0.05) is 5.56 Å². The maximum atomic E-state index is 12.3. The second-order valence-corrected chi connectivity index (χ2v) is 6.62. The molecule has 0 aliphatic rings. The predicted octanol–water partition coefficient (Wildman–Crippen LogP) is 4.87. The summed E-state index contributed by atoms with van der Waals surface area (Å²) >= 11 is 5.12. The molecule has 0 aliphatic carbocycles. The molecule has 6 heteroatoms. The minimum atomic E-state index is -0.325. The van der Waals surface area contributed by atoms with E-state index in [2.05, 4.69) is 17.6 Å². The maximum Gasteiger partial charge on any atom is 0.257 e. The van der Waals surface area contributed by atoms with Crippen LogP contribution in [0.15, 0.2) is 48.5 Å². The fourth-order valence-corrected chi connectivity index (χ4v) is 2.71. The van der Waals surface area contributed by atoms with E-state index in [1.54, 1.807) is 42.5 Å². The van der Waals surface area contributed by atoms with E-state index in [4.69, 9.17) is 17.0 Å². The molecule has 0 fully saturated rings. The second-order valence-electron chi connectivity index (χ2n) is 6.21. The number of thiocarbonyl (C=S) groups is 1. The number of unbranched alkanes of at least 4 members (excludes halogenated alkanes) is 4. The van der Waals surface area contributed by atoms with Gasteiger partial charge in [-0.1, -0.05) is 44.7 Å². The highest BCUT2D eigenvalue weighted by Crippen LogP contribution is 2.21. The van der Waals surface area contributed by atoms with Crippen molar-refractivity contribution in [3.05, 3.63) is 54.1 Å². The zero-order valence-electron chi connectivity index (χ0n) is 15.5. The summed E-state index contributed by atoms with van der Waals surface area (Å²) in [6, 6.07) is 13.6. The molecule has 2 rings (SSSR count). The molecule has 0 aliphatic heterocycles. The fraction of sp³-hybridized carbons (Fsp3) is 0.333. The van der Waals surface area contributed by atoms with Gasteiger partial charge in [0.1, 0.15) is 11.5 Å². The number of carbonyl (C=O) groups is 1. The van der Waals surface area contributed by atoms with Gasteiger partial charge in [0.2, 0.25) is 0 Å². The number of nitrogens with one attached hydrogen (secondary N) is 2. The third-order valence-electron chi connectivity index (χ3n) is 4.01. The highest BCUT2D eigenvalue weighted by Gasteiger charge is 2.09. The summed E-state index contributed by atoms with van der Waals surface area (Å²) in [6.45, 7) is 2.88. The first-order valence-electron chi connectivity index (χ1n) is 9.23. The van der Waals surface area contributed by atoms with Crippen LogP contribution >= 0.6 is 12.2 Å². The number of ether oxygens (including phenoxy) is 1. The van der Waals surface area contributed by atoms with Crippen molar-refractivity contribution in [1.29, 1.82) is 0 Å². The summed E-state index contributed by atoms with van der Waals surface area (Å²) < 4.78 is 5.70. The van der Waals surface area contributed by atoms with Crippen LogP contribution in [0.3, 0.4) is 0 Å². The molecule has 2 aromatic carbocycles. The van der Waals surface area contributed by atoms with Crippen LogP contribution in [0.25, 0.3) is 0 Å². The first-order valence-corrected chi connectivity index (χ1v) is 9.64. The minimum absolute atomic E-state index is 0.0605. The Morgan fingerprint density at radius 3 is 2.44 bits per heavy atom. The molecule has 0 bridgehead atoms. The monoisotopic (exact) mass is 386 g/mol. The predicted molar refractivity (Wildman–Crippen MR) is 112 cm³/mol. The zero-order valence-corrected chi connectivity index (χ0v) is 16.3. The molecule has 0 saturated carbocycles. The number of amides is 1. The first kappa shape index (κ1) is 20.7. The summed E-state index contributed by atoms with van der Waals surface area (Å²) in [5, 5.41) is 15.2. The van der Waals surface area contributed by atoms with Crippen LogP contribution in [-0.2, 0) is 0 Å². The molecular formula is C21H26N2O3S. The molecule has 0 radical (unpaired) electrons. The molecule has 2 aromatic rings. The molecule has 0 heterocycles. The lowest BCUT2D eigenvalue weighted by Crippen LogP contribution is -2.34. The number of hydrogen-bond donors (Lipinski definition) is 3. The van der Waals surface area contributed by atoms with E-state index in [0.717, 1.165) is 12.2 Å². The Balaban J connectivity index is 1.77. The van der Waals surface area contributed by atoms with Crippen molar-refractivity contribution >= 4 is 28.9 Å². The maximum absolute atomic E-state index is 12.3. The van der Waals surface area contributed by atoms with Crippen LogP contribution in [0.2, 0.25) is 0 Å². The molecule has 0 unspecified atom stereocenters. The molecule has 27 heavy (non-hydrogen) atoms. The van der Waals surface area contributed by atoms with Crippen molar-refractivity contribution in [1.82, 2.24) is 5.32 Å². The van der Waals surface area contributed by atoms with E-state index in [-0.39, 0.29) is 16.8 Å². The van der Waals surface area contributed by atoms with Gasteiger partial charge in [-0.05, 0) is 55.0 Å². The van der Waals surface area contributed by atoms with Crippen LogP contribution in [0.1, 0.15) is 49.4 Å². The highest BCUT2D eigenvalue weighted by molar-refractivity contribution is 7.80. The number of anilines is 1. The average molecular weight is 387 g/mol. The number of hydrogen-bond acceptors (Lipinski definition) is 4. The molecule has 144 valence electrons. The first-order chi connectivity index (χ1) is 13.1. The molecule has 0 aromatic heterocycles. The van der Waals surface area contributed by atoms with Crippen LogP contribution < -0.4 is 15.4 Å². The molecule has 0 atom stereocenters. The van der Waals surface area contributed by atoms with Crippen molar-refractivity contribution in [2.75, 3.05) is 11.9 Å². The third kappa shape index (κ3) is 7.27.